The number of aromatic nitrogens is 2. The third kappa shape index (κ3) is 2.60. The van der Waals surface area contributed by atoms with E-state index in [4.69, 9.17) is 10.6 Å². The standard InChI is InChI=1S/C18H20N4O2S/c1-10-3-8-13-14(9-10)25-16-15(13)17(23)22(18(20-16)21-19)11-4-6-12(24-2)7-5-11/h4-7,10H,3,8-9,19H2,1-2H3,(H,20,21). The van der Waals surface area contributed by atoms with E-state index in [0.717, 1.165) is 35.2 Å². The Kier molecular flexibility index (Phi) is 3.97. The number of nitrogens with two attached hydrogens (primary N) is 1. The lowest BCUT2D eigenvalue weighted by molar-refractivity contribution is 0.414. The number of methoxy groups -OCH3 is 1. The molecule has 3 N–H and O–H groups in total. The van der Waals surface area contributed by atoms with Crippen LogP contribution in [0.3, 0.4) is 0 Å². The monoisotopic (exact) mass is 356 g/mol. The average molecular weight is 356 g/mol. The maximum absolute atomic E-state index is 13.3. The van der Waals surface area contributed by atoms with Crippen LogP contribution >= 0.6 is 11.3 Å². The van der Waals surface area contributed by atoms with Crippen molar-refractivity contribution in [3.05, 3.63) is 45.1 Å². The molecule has 0 radical (unpaired) electrons. The first-order valence-corrected chi connectivity index (χ1v) is 9.12. The van der Waals surface area contributed by atoms with E-state index in [1.807, 2.05) is 24.3 Å². The van der Waals surface area contributed by atoms with E-state index in [2.05, 4.69) is 17.3 Å². The summed E-state index contributed by atoms with van der Waals surface area (Å²) in [6.07, 6.45) is 3.06. The van der Waals surface area contributed by atoms with Gasteiger partial charge in [0.1, 0.15) is 10.6 Å². The normalized spacial score (nSPS) is 16.7. The number of nitrogens with zero attached hydrogens (tertiary/aromatic N) is 2. The first-order chi connectivity index (χ1) is 12.1. The Hall–Kier alpha value is -2.38. The van der Waals surface area contributed by atoms with E-state index in [1.165, 1.54) is 15.0 Å². The van der Waals surface area contributed by atoms with Gasteiger partial charge in [0.2, 0.25) is 5.95 Å². The Labute approximate surface area is 149 Å². The van der Waals surface area contributed by atoms with Crippen LogP contribution in [0.2, 0.25) is 0 Å². The predicted octanol–water partition coefficient (Wildman–Crippen LogP) is 2.87. The van der Waals surface area contributed by atoms with Crippen molar-refractivity contribution < 1.29 is 4.74 Å². The van der Waals surface area contributed by atoms with Crippen molar-refractivity contribution >= 4 is 27.5 Å². The highest BCUT2D eigenvalue weighted by Crippen LogP contribution is 2.36. The van der Waals surface area contributed by atoms with E-state index in [9.17, 15) is 4.79 Å². The maximum Gasteiger partial charge on any atom is 0.268 e. The lowest BCUT2D eigenvalue weighted by Gasteiger charge is -2.17. The minimum absolute atomic E-state index is 0.0739. The Morgan fingerprint density at radius 3 is 2.80 bits per heavy atom. The van der Waals surface area contributed by atoms with Crippen LogP contribution in [0.1, 0.15) is 23.8 Å². The first kappa shape index (κ1) is 16.1. The fourth-order valence-electron chi connectivity index (χ4n) is 3.46. The topological polar surface area (TPSA) is 82.2 Å². The number of thiophene rings is 1. The van der Waals surface area contributed by atoms with E-state index in [0.29, 0.717) is 17.6 Å². The Bertz CT molecular complexity index is 991. The molecule has 0 amide bonds. The second-order valence-electron chi connectivity index (χ2n) is 6.45. The number of aryl methyl sites for hydroxylation is 1. The third-order valence-corrected chi connectivity index (χ3v) is 5.94. The zero-order valence-corrected chi connectivity index (χ0v) is 15.0. The molecule has 4 rings (SSSR count). The largest absolute Gasteiger partial charge is 0.497 e. The molecule has 0 aliphatic heterocycles. The molecular formula is C18H20N4O2S. The highest BCUT2D eigenvalue weighted by molar-refractivity contribution is 7.18. The van der Waals surface area contributed by atoms with Crippen LogP contribution < -0.4 is 21.6 Å². The molecule has 130 valence electrons. The molecule has 25 heavy (non-hydrogen) atoms. The van der Waals surface area contributed by atoms with Gasteiger partial charge in [-0.05, 0) is 55.0 Å². The van der Waals surface area contributed by atoms with Gasteiger partial charge in [-0.2, -0.15) is 0 Å². The molecule has 2 heterocycles. The second-order valence-corrected chi connectivity index (χ2v) is 7.53. The van der Waals surface area contributed by atoms with Gasteiger partial charge in [-0.25, -0.2) is 15.4 Å². The van der Waals surface area contributed by atoms with Crippen LogP contribution in [0, 0.1) is 5.92 Å². The van der Waals surface area contributed by atoms with E-state index >= 15 is 0 Å². The minimum atomic E-state index is -0.0739. The molecule has 2 aromatic heterocycles. The summed E-state index contributed by atoms with van der Waals surface area (Å²) in [4.78, 5) is 19.9. The quantitative estimate of drug-likeness (QED) is 0.557. The molecule has 1 aliphatic rings. The van der Waals surface area contributed by atoms with Gasteiger partial charge in [0.15, 0.2) is 0 Å². The molecule has 0 bridgehead atoms. The first-order valence-electron chi connectivity index (χ1n) is 8.30. The van der Waals surface area contributed by atoms with Crippen LogP contribution in [-0.4, -0.2) is 16.7 Å². The summed E-state index contributed by atoms with van der Waals surface area (Å²) in [7, 11) is 1.61. The third-order valence-electron chi connectivity index (χ3n) is 4.79. The summed E-state index contributed by atoms with van der Waals surface area (Å²) >= 11 is 1.62. The number of anilines is 1. The van der Waals surface area contributed by atoms with Crippen LogP contribution in [0.5, 0.6) is 5.75 Å². The summed E-state index contributed by atoms with van der Waals surface area (Å²) in [6.45, 7) is 2.25. The van der Waals surface area contributed by atoms with Crippen molar-refractivity contribution in [3.8, 4) is 11.4 Å². The molecule has 0 saturated heterocycles. The highest BCUT2D eigenvalue weighted by atomic mass is 32.1. The van der Waals surface area contributed by atoms with Gasteiger partial charge >= 0.3 is 0 Å². The van der Waals surface area contributed by atoms with Crippen molar-refractivity contribution in [2.24, 2.45) is 11.8 Å². The molecule has 6 nitrogen and oxygen atoms in total. The molecule has 1 atom stereocenters. The average Bonchev–Trinajstić information content (AvgIpc) is 2.99. The van der Waals surface area contributed by atoms with Gasteiger partial charge in [-0.15, -0.1) is 11.3 Å². The zero-order chi connectivity index (χ0) is 17.6. The van der Waals surface area contributed by atoms with Crippen LogP contribution in [0.4, 0.5) is 5.95 Å². The van der Waals surface area contributed by atoms with Gasteiger partial charge in [-0.1, -0.05) is 6.92 Å². The van der Waals surface area contributed by atoms with Crippen molar-refractivity contribution in [2.45, 2.75) is 26.2 Å². The van der Waals surface area contributed by atoms with Gasteiger partial charge in [-0.3, -0.25) is 10.2 Å². The summed E-state index contributed by atoms with van der Waals surface area (Å²) in [5.74, 6) is 7.38. The van der Waals surface area contributed by atoms with Crippen LogP contribution in [0.25, 0.3) is 15.9 Å². The van der Waals surface area contributed by atoms with Crippen molar-refractivity contribution in [1.29, 1.82) is 0 Å². The molecule has 0 saturated carbocycles. The summed E-state index contributed by atoms with van der Waals surface area (Å²) < 4.78 is 6.73. The van der Waals surface area contributed by atoms with Gasteiger partial charge in [0.25, 0.3) is 5.56 Å². The maximum atomic E-state index is 13.3. The fourth-order valence-corrected chi connectivity index (χ4v) is 4.83. The van der Waals surface area contributed by atoms with E-state index in [-0.39, 0.29) is 5.56 Å². The molecule has 1 aliphatic carbocycles. The van der Waals surface area contributed by atoms with Gasteiger partial charge in [0, 0.05) is 4.88 Å². The van der Waals surface area contributed by atoms with Gasteiger partial charge in [0.05, 0.1) is 18.2 Å². The van der Waals surface area contributed by atoms with Crippen molar-refractivity contribution in [3.63, 3.8) is 0 Å². The van der Waals surface area contributed by atoms with Crippen molar-refractivity contribution in [1.82, 2.24) is 9.55 Å². The van der Waals surface area contributed by atoms with Crippen LogP contribution in [-0.2, 0) is 12.8 Å². The SMILES string of the molecule is COc1ccc(-n2c(NN)nc3sc4c(c3c2=O)CCC(C)C4)cc1. The number of rotatable bonds is 3. The van der Waals surface area contributed by atoms with E-state index in [1.54, 1.807) is 18.4 Å². The Morgan fingerprint density at radius 1 is 1.36 bits per heavy atom. The molecule has 0 spiro atoms. The summed E-state index contributed by atoms with van der Waals surface area (Å²) in [5, 5.41) is 0.738. The molecule has 1 unspecified atom stereocenters. The number of fused-ring (bicyclic) bond motifs is 3. The number of hydrogen-bond acceptors (Lipinski definition) is 6. The number of ether oxygens (including phenoxy) is 1. The van der Waals surface area contributed by atoms with Crippen molar-refractivity contribution in [2.75, 3.05) is 12.5 Å². The number of nitrogen functional groups attached to an aromatic ring is 1. The smallest absolute Gasteiger partial charge is 0.268 e. The van der Waals surface area contributed by atoms with Crippen LogP contribution in [0.15, 0.2) is 29.1 Å². The molecule has 7 heteroatoms. The Morgan fingerprint density at radius 2 is 2.12 bits per heavy atom. The number of hydrazine groups is 1. The number of benzene rings is 1. The summed E-state index contributed by atoms with van der Waals surface area (Å²) in [5.41, 5.74) is 4.37. The second kappa shape index (κ2) is 6.16. The fraction of sp³-hybridized carbons (Fsp3) is 0.333. The minimum Gasteiger partial charge on any atom is -0.497 e. The number of hydrogen-bond donors (Lipinski definition) is 2. The molecule has 3 aromatic rings. The predicted molar refractivity (Wildman–Crippen MR) is 101 cm³/mol. The number of nitrogens with one attached hydrogen (secondary N) is 1. The zero-order valence-electron chi connectivity index (χ0n) is 14.2. The van der Waals surface area contributed by atoms with E-state index < -0.39 is 0 Å². The van der Waals surface area contributed by atoms with Gasteiger partial charge < -0.3 is 4.74 Å². The lowest BCUT2D eigenvalue weighted by atomic mass is 9.89. The highest BCUT2D eigenvalue weighted by Gasteiger charge is 2.24. The lowest BCUT2D eigenvalue weighted by Crippen LogP contribution is -2.26. The molecule has 1 aromatic carbocycles. The Balaban J connectivity index is 1.97. The molecular weight excluding hydrogens is 336 g/mol. The summed E-state index contributed by atoms with van der Waals surface area (Å²) in [6, 6.07) is 7.29. The molecule has 0 fully saturated rings.